The number of thioether (sulfide) groups is 1. The van der Waals surface area contributed by atoms with Gasteiger partial charge in [-0.25, -0.2) is 0 Å². The number of rotatable bonds is 2. The highest BCUT2D eigenvalue weighted by molar-refractivity contribution is 7.97. The zero-order valence-corrected chi connectivity index (χ0v) is 8.32. The summed E-state index contributed by atoms with van der Waals surface area (Å²) in [5.41, 5.74) is 9.05. The Hall–Kier alpha value is -1.09. The van der Waals surface area contributed by atoms with Gasteiger partial charge >= 0.3 is 0 Å². The van der Waals surface area contributed by atoms with Gasteiger partial charge in [-0.1, -0.05) is 0 Å². The van der Waals surface area contributed by atoms with Crippen molar-refractivity contribution in [3.05, 3.63) is 30.0 Å². The number of aromatic nitrogens is 1. The van der Waals surface area contributed by atoms with Gasteiger partial charge in [0.15, 0.2) is 0 Å². The summed E-state index contributed by atoms with van der Waals surface area (Å²) in [4.78, 5) is 3.23. The molecule has 1 heterocycles. The summed E-state index contributed by atoms with van der Waals surface area (Å²) in [6.45, 7) is 0. The standard InChI is InChI=1S/C10H12N2S/c1-13-6-7-5-12-10-3-2-8(11)4-9(7)10/h2-5,12H,6,11H2,1H3. The molecule has 0 aliphatic heterocycles. The third-order valence-corrected chi connectivity index (χ3v) is 2.69. The van der Waals surface area contributed by atoms with Crippen molar-refractivity contribution in [3.63, 3.8) is 0 Å². The topological polar surface area (TPSA) is 41.8 Å². The van der Waals surface area contributed by atoms with E-state index in [1.54, 1.807) is 0 Å². The number of aromatic amines is 1. The number of nitrogen functional groups attached to an aromatic ring is 1. The van der Waals surface area contributed by atoms with Crippen LogP contribution in [0.25, 0.3) is 10.9 Å². The van der Waals surface area contributed by atoms with Crippen LogP contribution in [0.15, 0.2) is 24.4 Å². The Labute approximate surface area is 81.5 Å². The predicted octanol–water partition coefficient (Wildman–Crippen LogP) is 2.61. The maximum atomic E-state index is 5.73. The summed E-state index contributed by atoms with van der Waals surface area (Å²) in [6, 6.07) is 5.97. The Morgan fingerprint density at radius 2 is 2.31 bits per heavy atom. The van der Waals surface area contributed by atoms with Crippen molar-refractivity contribution in [1.82, 2.24) is 4.98 Å². The number of nitrogens with one attached hydrogen (secondary N) is 1. The highest BCUT2D eigenvalue weighted by Gasteiger charge is 2.02. The molecule has 1 aromatic heterocycles. The van der Waals surface area contributed by atoms with Crippen molar-refractivity contribution in [2.75, 3.05) is 12.0 Å². The molecule has 0 unspecified atom stereocenters. The van der Waals surface area contributed by atoms with Crippen LogP contribution in [0.2, 0.25) is 0 Å². The SMILES string of the molecule is CSCc1c[nH]c2ccc(N)cc12. The van der Waals surface area contributed by atoms with E-state index in [-0.39, 0.29) is 0 Å². The second kappa shape index (κ2) is 3.34. The molecule has 0 saturated carbocycles. The van der Waals surface area contributed by atoms with Crippen LogP contribution < -0.4 is 5.73 Å². The molecule has 0 amide bonds. The van der Waals surface area contributed by atoms with Crippen LogP contribution >= 0.6 is 11.8 Å². The predicted molar refractivity (Wildman–Crippen MR) is 59.9 cm³/mol. The molecular weight excluding hydrogens is 180 g/mol. The average Bonchev–Trinajstić information content (AvgIpc) is 2.49. The molecule has 0 fully saturated rings. The summed E-state index contributed by atoms with van der Waals surface area (Å²) >= 11 is 1.82. The van der Waals surface area contributed by atoms with Crippen LogP contribution in [-0.2, 0) is 5.75 Å². The summed E-state index contributed by atoms with van der Waals surface area (Å²) in [5, 5.41) is 1.24. The second-order valence-electron chi connectivity index (χ2n) is 3.05. The van der Waals surface area contributed by atoms with Gasteiger partial charge in [0.05, 0.1) is 0 Å². The number of hydrogen-bond acceptors (Lipinski definition) is 2. The third-order valence-electron chi connectivity index (χ3n) is 2.09. The van der Waals surface area contributed by atoms with Crippen molar-refractivity contribution >= 4 is 28.4 Å². The van der Waals surface area contributed by atoms with Crippen LogP contribution in [0.5, 0.6) is 0 Å². The lowest BCUT2D eigenvalue weighted by Crippen LogP contribution is -1.83. The molecular formula is C10H12N2S. The van der Waals surface area contributed by atoms with Gasteiger partial charge in [-0.05, 0) is 30.0 Å². The smallest absolute Gasteiger partial charge is 0.0458 e. The van der Waals surface area contributed by atoms with E-state index in [1.807, 2.05) is 30.0 Å². The van der Waals surface area contributed by atoms with Crippen molar-refractivity contribution < 1.29 is 0 Å². The first kappa shape index (κ1) is 8.51. The Bertz CT molecular complexity index is 420. The molecule has 3 N–H and O–H groups in total. The lowest BCUT2D eigenvalue weighted by molar-refractivity contribution is 1.40. The van der Waals surface area contributed by atoms with Crippen molar-refractivity contribution in [1.29, 1.82) is 0 Å². The van der Waals surface area contributed by atoms with E-state index in [4.69, 9.17) is 5.73 Å². The van der Waals surface area contributed by atoms with Crippen LogP contribution in [0.1, 0.15) is 5.56 Å². The Morgan fingerprint density at radius 1 is 1.46 bits per heavy atom. The number of benzene rings is 1. The van der Waals surface area contributed by atoms with Crippen molar-refractivity contribution in [3.8, 4) is 0 Å². The first-order valence-electron chi connectivity index (χ1n) is 4.15. The third kappa shape index (κ3) is 1.52. The largest absolute Gasteiger partial charge is 0.399 e. The Balaban J connectivity index is 2.58. The fourth-order valence-corrected chi connectivity index (χ4v) is 2.02. The first-order chi connectivity index (χ1) is 6.31. The van der Waals surface area contributed by atoms with Gasteiger partial charge in [-0.2, -0.15) is 11.8 Å². The Kier molecular flexibility index (Phi) is 2.19. The van der Waals surface area contributed by atoms with E-state index in [2.05, 4.69) is 17.4 Å². The molecule has 0 atom stereocenters. The molecule has 0 spiro atoms. The van der Waals surface area contributed by atoms with Gasteiger partial charge in [0.2, 0.25) is 0 Å². The zero-order chi connectivity index (χ0) is 9.26. The van der Waals surface area contributed by atoms with Gasteiger partial charge in [0, 0.05) is 28.5 Å². The number of H-pyrrole nitrogens is 1. The molecule has 2 rings (SSSR count). The van der Waals surface area contributed by atoms with Gasteiger partial charge in [0.25, 0.3) is 0 Å². The minimum absolute atomic E-state index is 0.828. The summed E-state index contributed by atoms with van der Waals surface area (Å²) in [7, 11) is 0. The first-order valence-corrected chi connectivity index (χ1v) is 5.55. The van der Waals surface area contributed by atoms with Gasteiger partial charge in [-0.15, -0.1) is 0 Å². The zero-order valence-electron chi connectivity index (χ0n) is 7.50. The monoisotopic (exact) mass is 192 g/mol. The lowest BCUT2D eigenvalue weighted by atomic mass is 10.2. The molecule has 13 heavy (non-hydrogen) atoms. The molecule has 3 heteroatoms. The molecule has 2 aromatic rings. The number of hydrogen-bond donors (Lipinski definition) is 2. The quantitative estimate of drug-likeness (QED) is 0.718. The van der Waals surface area contributed by atoms with Gasteiger partial charge in [0.1, 0.15) is 0 Å². The summed E-state index contributed by atoms with van der Waals surface area (Å²) < 4.78 is 0. The van der Waals surface area contributed by atoms with Crippen molar-refractivity contribution in [2.45, 2.75) is 5.75 Å². The number of anilines is 1. The van der Waals surface area contributed by atoms with E-state index in [0.717, 1.165) is 11.4 Å². The van der Waals surface area contributed by atoms with Gasteiger partial charge in [-0.3, -0.25) is 0 Å². The maximum Gasteiger partial charge on any atom is 0.0458 e. The van der Waals surface area contributed by atoms with Crippen LogP contribution in [0, 0.1) is 0 Å². The fourth-order valence-electron chi connectivity index (χ4n) is 1.47. The molecule has 0 radical (unpaired) electrons. The molecule has 0 bridgehead atoms. The van der Waals surface area contributed by atoms with Gasteiger partial charge < -0.3 is 10.7 Å². The van der Waals surface area contributed by atoms with Crippen molar-refractivity contribution in [2.24, 2.45) is 0 Å². The molecule has 0 aliphatic carbocycles. The van der Waals surface area contributed by atoms with Crippen LogP contribution in [-0.4, -0.2) is 11.2 Å². The number of fused-ring (bicyclic) bond motifs is 1. The molecule has 1 aromatic carbocycles. The van der Waals surface area contributed by atoms with E-state index in [1.165, 1.54) is 16.5 Å². The minimum atomic E-state index is 0.828. The van der Waals surface area contributed by atoms with E-state index < -0.39 is 0 Å². The fraction of sp³-hybridized carbons (Fsp3) is 0.200. The van der Waals surface area contributed by atoms with E-state index in [0.29, 0.717) is 0 Å². The molecule has 0 saturated heterocycles. The van der Waals surface area contributed by atoms with Crippen LogP contribution in [0.4, 0.5) is 5.69 Å². The minimum Gasteiger partial charge on any atom is -0.399 e. The second-order valence-corrected chi connectivity index (χ2v) is 3.92. The molecule has 0 aliphatic rings. The summed E-state index contributed by atoms with van der Waals surface area (Å²) in [5.74, 6) is 1.03. The van der Waals surface area contributed by atoms with E-state index >= 15 is 0 Å². The Morgan fingerprint density at radius 3 is 3.08 bits per heavy atom. The highest BCUT2D eigenvalue weighted by Crippen LogP contribution is 2.23. The molecule has 2 nitrogen and oxygen atoms in total. The highest BCUT2D eigenvalue weighted by atomic mass is 32.2. The lowest BCUT2D eigenvalue weighted by Gasteiger charge is -1.96. The summed E-state index contributed by atoms with van der Waals surface area (Å²) in [6.07, 6.45) is 4.16. The number of nitrogens with two attached hydrogens (primary N) is 1. The van der Waals surface area contributed by atoms with Crippen LogP contribution in [0.3, 0.4) is 0 Å². The van der Waals surface area contributed by atoms with E-state index in [9.17, 15) is 0 Å². The molecule has 68 valence electrons. The average molecular weight is 192 g/mol. The maximum absolute atomic E-state index is 5.73. The normalized spacial score (nSPS) is 10.8.